The number of rotatable bonds is 6. The molecule has 0 aromatic carbocycles. The van der Waals surface area contributed by atoms with Gasteiger partial charge < -0.3 is 15.4 Å². The van der Waals surface area contributed by atoms with Gasteiger partial charge in [-0.3, -0.25) is 4.79 Å². The van der Waals surface area contributed by atoms with Gasteiger partial charge in [0.1, 0.15) is 0 Å². The summed E-state index contributed by atoms with van der Waals surface area (Å²) in [6.07, 6.45) is 7.71. The van der Waals surface area contributed by atoms with Crippen LogP contribution in [0, 0.1) is 0 Å². The topological polar surface area (TPSA) is 50.4 Å². The predicted octanol–water partition coefficient (Wildman–Crippen LogP) is 1.59. The summed E-state index contributed by atoms with van der Waals surface area (Å²) < 4.78 is 5.57. The van der Waals surface area contributed by atoms with E-state index in [-0.39, 0.29) is 11.4 Å². The van der Waals surface area contributed by atoms with Crippen molar-refractivity contribution in [3.63, 3.8) is 0 Å². The van der Waals surface area contributed by atoms with Crippen LogP contribution in [-0.4, -0.2) is 37.2 Å². The first-order valence-corrected chi connectivity index (χ1v) is 7.42. The Morgan fingerprint density at radius 3 is 3.00 bits per heavy atom. The van der Waals surface area contributed by atoms with E-state index >= 15 is 0 Å². The van der Waals surface area contributed by atoms with Crippen LogP contribution in [0.3, 0.4) is 0 Å². The van der Waals surface area contributed by atoms with E-state index in [2.05, 4.69) is 17.6 Å². The molecule has 2 fully saturated rings. The van der Waals surface area contributed by atoms with Crippen LogP contribution in [0.25, 0.3) is 0 Å². The van der Waals surface area contributed by atoms with Gasteiger partial charge in [0, 0.05) is 13.2 Å². The quantitative estimate of drug-likeness (QED) is 0.757. The molecular formula is C14H26N2O2. The Hall–Kier alpha value is -0.610. The van der Waals surface area contributed by atoms with Gasteiger partial charge in [0.05, 0.1) is 11.6 Å². The van der Waals surface area contributed by atoms with Crippen molar-refractivity contribution in [2.24, 2.45) is 0 Å². The summed E-state index contributed by atoms with van der Waals surface area (Å²) in [6.45, 7) is 4.75. The molecule has 2 N–H and O–H groups in total. The molecule has 0 radical (unpaired) electrons. The Morgan fingerprint density at radius 1 is 1.50 bits per heavy atom. The highest BCUT2D eigenvalue weighted by Crippen LogP contribution is 2.25. The molecule has 1 amide bonds. The van der Waals surface area contributed by atoms with Crippen LogP contribution in [0.2, 0.25) is 0 Å². The first-order chi connectivity index (χ1) is 8.77. The molecule has 4 heteroatoms. The van der Waals surface area contributed by atoms with Crippen molar-refractivity contribution >= 4 is 5.91 Å². The number of hydrogen-bond acceptors (Lipinski definition) is 3. The first kappa shape index (κ1) is 13.8. The smallest absolute Gasteiger partial charge is 0.240 e. The summed E-state index contributed by atoms with van der Waals surface area (Å²) >= 11 is 0. The molecule has 2 heterocycles. The van der Waals surface area contributed by atoms with E-state index in [4.69, 9.17) is 4.74 Å². The zero-order valence-corrected chi connectivity index (χ0v) is 11.5. The second-order valence-corrected chi connectivity index (χ2v) is 5.54. The fourth-order valence-electron chi connectivity index (χ4n) is 3.14. The molecule has 2 aliphatic rings. The van der Waals surface area contributed by atoms with Crippen molar-refractivity contribution in [1.29, 1.82) is 0 Å². The Balaban J connectivity index is 1.74. The van der Waals surface area contributed by atoms with Gasteiger partial charge in [-0.15, -0.1) is 0 Å². The van der Waals surface area contributed by atoms with Crippen LogP contribution >= 0.6 is 0 Å². The Kier molecular flexibility index (Phi) is 5.01. The second-order valence-electron chi connectivity index (χ2n) is 5.54. The monoisotopic (exact) mass is 254 g/mol. The Bertz CT molecular complexity index is 269. The maximum absolute atomic E-state index is 12.3. The maximum atomic E-state index is 12.3. The van der Waals surface area contributed by atoms with E-state index in [1.807, 2.05) is 0 Å². The van der Waals surface area contributed by atoms with E-state index in [1.165, 1.54) is 6.42 Å². The highest BCUT2D eigenvalue weighted by atomic mass is 16.5. The Labute approximate surface area is 110 Å². The largest absolute Gasteiger partial charge is 0.378 e. The molecule has 2 rings (SSSR count). The molecule has 0 aromatic heterocycles. The molecule has 0 aliphatic carbocycles. The minimum Gasteiger partial charge on any atom is -0.378 e. The van der Waals surface area contributed by atoms with Crippen molar-refractivity contribution < 1.29 is 9.53 Å². The molecule has 2 atom stereocenters. The van der Waals surface area contributed by atoms with Gasteiger partial charge >= 0.3 is 0 Å². The van der Waals surface area contributed by atoms with Crippen LogP contribution in [0.4, 0.5) is 0 Å². The fraction of sp³-hybridized carbons (Fsp3) is 0.929. The molecule has 2 saturated heterocycles. The van der Waals surface area contributed by atoms with Crippen molar-refractivity contribution in [2.75, 3.05) is 19.7 Å². The number of amides is 1. The van der Waals surface area contributed by atoms with Gasteiger partial charge in [0.15, 0.2) is 0 Å². The van der Waals surface area contributed by atoms with Crippen molar-refractivity contribution in [3.05, 3.63) is 0 Å². The number of ether oxygens (including phenoxy) is 1. The molecule has 4 nitrogen and oxygen atoms in total. The Morgan fingerprint density at radius 2 is 2.39 bits per heavy atom. The molecular weight excluding hydrogens is 228 g/mol. The van der Waals surface area contributed by atoms with Crippen LogP contribution in [-0.2, 0) is 9.53 Å². The standard InChI is InChI=1S/C14H26N2O2/c1-2-7-14(8-4-9-16-14)13(17)15-10-6-12-5-3-11-18-12/h12,16H,2-11H2,1H3,(H,15,17). The SMILES string of the molecule is CCCC1(C(=O)NCCC2CCCO2)CCCN1. The molecule has 0 spiro atoms. The molecule has 2 unspecified atom stereocenters. The summed E-state index contributed by atoms with van der Waals surface area (Å²) in [6, 6.07) is 0. The van der Waals surface area contributed by atoms with Crippen molar-refractivity contribution in [1.82, 2.24) is 10.6 Å². The summed E-state index contributed by atoms with van der Waals surface area (Å²) in [5.74, 6) is 0.194. The average molecular weight is 254 g/mol. The van der Waals surface area contributed by atoms with E-state index < -0.39 is 0 Å². The minimum atomic E-state index is -0.286. The third kappa shape index (κ3) is 3.23. The van der Waals surface area contributed by atoms with Crippen LogP contribution in [0.1, 0.15) is 51.9 Å². The number of carbonyl (C=O) groups is 1. The van der Waals surface area contributed by atoms with E-state index in [0.717, 1.165) is 58.2 Å². The van der Waals surface area contributed by atoms with Crippen LogP contribution in [0.15, 0.2) is 0 Å². The lowest BCUT2D eigenvalue weighted by Gasteiger charge is -2.28. The van der Waals surface area contributed by atoms with Crippen LogP contribution < -0.4 is 10.6 Å². The fourth-order valence-corrected chi connectivity index (χ4v) is 3.14. The summed E-state index contributed by atoms with van der Waals surface area (Å²) in [5.41, 5.74) is -0.286. The molecule has 18 heavy (non-hydrogen) atoms. The maximum Gasteiger partial charge on any atom is 0.240 e. The lowest BCUT2D eigenvalue weighted by Crippen LogP contribution is -2.53. The average Bonchev–Trinajstić information content (AvgIpc) is 3.01. The number of hydrogen-bond donors (Lipinski definition) is 2. The summed E-state index contributed by atoms with van der Waals surface area (Å²) in [4.78, 5) is 12.3. The molecule has 104 valence electrons. The van der Waals surface area contributed by atoms with Gasteiger partial charge in [-0.05, 0) is 45.1 Å². The highest BCUT2D eigenvalue weighted by Gasteiger charge is 2.39. The van der Waals surface area contributed by atoms with Gasteiger partial charge in [-0.2, -0.15) is 0 Å². The first-order valence-electron chi connectivity index (χ1n) is 7.42. The van der Waals surface area contributed by atoms with Gasteiger partial charge in [0.25, 0.3) is 0 Å². The molecule has 0 saturated carbocycles. The van der Waals surface area contributed by atoms with E-state index in [1.54, 1.807) is 0 Å². The van der Waals surface area contributed by atoms with Gasteiger partial charge in [-0.1, -0.05) is 13.3 Å². The highest BCUT2D eigenvalue weighted by molar-refractivity contribution is 5.86. The lowest BCUT2D eigenvalue weighted by molar-refractivity contribution is -0.127. The lowest BCUT2D eigenvalue weighted by atomic mass is 9.91. The minimum absolute atomic E-state index is 0.194. The zero-order chi connectivity index (χ0) is 12.8. The molecule has 0 aromatic rings. The summed E-state index contributed by atoms with van der Waals surface area (Å²) in [7, 11) is 0. The number of nitrogens with one attached hydrogen (secondary N) is 2. The van der Waals surface area contributed by atoms with Crippen LogP contribution in [0.5, 0.6) is 0 Å². The van der Waals surface area contributed by atoms with Crippen molar-refractivity contribution in [3.8, 4) is 0 Å². The normalized spacial score (nSPS) is 31.7. The predicted molar refractivity (Wildman–Crippen MR) is 71.5 cm³/mol. The molecule has 2 aliphatic heterocycles. The van der Waals surface area contributed by atoms with Gasteiger partial charge in [-0.25, -0.2) is 0 Å². The zero-order valence-electron chi connectivity index (χ0n) is 11.5. The van der Waals surface area contributed by atoms with E-state index in [0.29, 0.717) is 6.10 Å². The van der Waals surface area contributed by atoms with Gasteiger partial charge in [0.2, 0.25) is 5.91 Å². The van der Waals surface area contributed by atoms with E-state index in [9.17, 15) is 4.79 Å². The second kappa shape index (κ2) is 6.53. The van der Waals surface area contributed by atoms with Crippen molar-refractivity contribution in [2.45, 2.75) is 63.5 Å². The third-order valence-electron chi connectivity index (χ3n) is 4.13. The third-order valence-corrected chi connectivity index (χ3v) is 4.13. The molecule has 0 bridgehead atoms. The summed E-state index contributed by atoms with van der Waals surface area (Å²) in [5, 5.41) is 6.50. The number of carbonyl (C=O) groups excluding carboxylic acids is 1.